The summed E-state index contributed by atoms with van der Waals surface area (Å²) < 4.78 is 23.3. The van der Waals surface area contributed by atoms with E-state index in [1.165, 1.54) is 24.2 Å². The third kappa shape index (κ3) is 3.59. The summed E-state index contributed by atoms with van der Waals surface area (Å²) in [7, 11) is -3.60. The number of fused-ring (bicyclic) bond motifs is 1. The van der Waals surface area contributed by atoms with E-state index in [4.69, 9.17) is 5.14 Å². The topological polar surface area (TPSA) is 75.4 Å². The molecule has 0 bridgehead atoms. The molecule has 20 heavy (non-hydrogen) atoms. The zero-order chi connectivity index (χ0) is 14.8. The van der Waals surface area contributed by atoms with Crippen LogP contribution in [0.25, 0.3) is 0 Å². The Kier molecular flexibility index (Phi) is 5.19. The average molecular weight is 317 g/mol. The van der Waals surface area contributed by atoms with Crippen LogP contribution >= 0.6 is 11.3 Å². The maximum Gasteiger partial charge on any atom is 0.247 e. The first kappa shape index (κ1) is 15.9. The monoisotopic (exact) mass is 317 g/mol. The zero-order valence-corrected chi connectivity index (χ0v) is 13.7. The van der Waals surface area contributed by atoms with Gasteiger partial charge in [0.15, 0.2) is 0 Å². The Hall–Kier alpha value is -0.470. The first-order valence-corrected chi connectivity index (χ1v) is 9.43. The molecule has 0 saturated heterocycles. The van der Waals surface area contributed by atoms with Gasteiger partial charge in [0.25, 0.3) is 0 Å². The van der Waals surface area contributed by atoms with Gasteiger partial charge in [-0.15, -0.1) is 11.3 Å². The quantitative estimate of drug-likeness (QED) is 0.837. The molecule has 1 aromatic rings. The van der Waals surface area contributed by atoms with Gasteiger partial charge in [-0.05, 0) is 31.1 Å². The van der Waals surface area contributed by atoms with Crippen molar-refractivity contribution in [2.24, 2.45) is 5.14 Å². The first-order valence-electron chi connectivity index (χ1n) is 7.06. The molecule has 1 atom stereocenters. The van der Waals surface area contributed by atoms with Crippen molar-refractivity contribution in [3.05, 3.63) is 16.5 Å². The molecule has 2 heterocycles. The third-order valence-electron chi connectivity index (χ3n) is 3.56. The Balaban J connectivity index is 2.27. The van der Waals surface area contributed by atoms with Crippen molar-refractivity contribution in [2.45, 2.75) is 43.5 Å². The van der Waals surface area contributed by atoms with Gasteiger partial charge in [0.1, 0.15) is 4.21 Å². The number of hydrogen-bond donors (Lipinski definition) is 2. The van der Waals surface area contributed by atoms with E-state index in [0.29, 0.717) is 0 Å². The maximum atomic E-state index is 11.5. The van der Waals surface area contributed by atoms with E-state index in [1.807, 2.05) is 0 Å². The number of primary sulfonamides is 1. The average Bonchev–Trinajstić information content (AvgIpc) is 2.80. The molecule has 7 heteroatoms. The van der Waals surface area contributed by atoms with Gasteiger partial charge in [0, 0.05) is 24.0 Å². The second-order valence-corrected chi connectivity index (χ2v) is 8.11. The van der Waals surface area contributed by atoms with E-state index >= 15 is 0 Å². The van der Waals surface area contributed by atoms with Crippen molar-refractivity contribution < 1.29 is 8.42 Å². The normalized spacial score (nSPS) is 20.1. The van der Waals surface area contributed by atoms with Crippen LogP contribution in [0.4, 0.5) is 0 Å². The van der Waals surface area contributed by atoms with Crippen LogP contribution in [0.15, 0.2) is 10.3 Å². The number of nitrogens with one attached hydrogen (secondary N) is 1. The van der Waals surface area contributed by atoms with Crippen LogP contribution in [-0.2, 0) is 16.6 Å². The summed E-state index contributed by atoms with van der Waals surface area (Å²) >= 11 is 1.31. The SMILES string of the molecule is CCCCN1Cc2sc(S(N)(=O)=O)cc2C(NCC)C1. The molecule has 0 aromatic carbocycles. The second-order valence-electron chi connectivity index (χ2n) is 5.19. The standard InChI is InChI=1S/C13H23N3O2S2/c1-3-5-6-16-8-11(15-4-2)10-7-13(20(14,17)18)19-12(10)9-16/h7,11,15H,3-6,8-9H2,1-2H3,(H2,14,17,18). The van der Waals surface area contributed by atoms with E-state index in [-0.39, 0.29) is 10.3 Å². The largest absolute Gasteiger partial charge is 0.309 e. The van der Waals surface area contributed by atoms with Gasteiger partial charge in [-0.2, -0.15) is 0 Å². The molecule has 5 nitrogen and oxygen atoms in total. The highest BCUT2D eigenvalue weighted by Gasteiger charge is 2.28. The first-order chi connectivity index (χ1) is 9.45. The molecule has 0 fully saturated rings. The highest BCUT2D eigenvalue weighted by atomic mass is 32.2. The molecule has 3 N–H and O–H groups in total. The highest BCUT2D eigenvalue weighted by Crippen LogP contribution is 2.35. The molecule has 2 rings (SSSR count). The smallest absolute Gasteiger partial charge is 0.247 e. The Morgan fingerprint density at radius 1 is 1.50 bits per heavy atom. The van der Waals surface area contributed by atoms with E-state index in [0.717, 1.165) is 36.6 Å². The van der Waals surface area contributed by atoms with Gasteiger partial charge >= 0.3 is 0 Å². The van der Waals surface area contributed by atoms with Crippen LogP contribution in [0, 0.1) is 0 Å². The second kappa shape index (κ2) is 6.53. The summed E-state index contributed by atoms with van der Waals surface area (Å²) in [6, 6.07) is 1.95. The fourth-order valence-corrected chi connectivity index (χ4v) is 4.63. The van der Waals surface area contributed by atoms with Crippen LogP contribution in [0.3, 0.4) is 0 Å². The predicted molar refractivity (Wildman–Crippen MR) is 82.3 cm³/mol. The molecule has 0 amide bonds. The van der Waals surface area contributed by atoms with Gasteiger partial charge in [-0.25, -0.2) is 13.6 Å². The molecule has 1 aliphatic heterocycles. The third-order valence-corrected chi connectivity index (χ3v) is 6.12. The summed E-state index contributed by atoms with van der Waals surface area (Å²) in [6.45, 7) is 7.94. The van der Waals surface area contributed by atoms with Gasteiger partial charge in [0.2, 0.25) is 10.0 Å². The molecule has 0 aliphatic carbocycles. The molecule has 0 saturated carbocycles. The van der Waals surface area contributed by atoms with Crippen LogP contribution in [0.5, 0.6) is 0 Å². The predicted octanol–water partition coefficient (Wildman–Crippen LogP) is 1.66. The summed E-state index contributed by atoms with van der Waals surface area (Å²) in [4.78, 5) is 3.52. The van der Waals surface area contributed by atoms with Crippen molar-refractivity contribution in [1.29, 1.82) is 0 Å². The molecular weight excluding hydrogens is 294 g/mol. The zero-order valence-electron chi connectivity index (χ0n) is 12.1. The fraction of sp³-hybridized carbons (Fsp3) is 0.692. The minimum atomic E-state index is -3.60. The van der Waals surface area contributed by atoms with Crippen molar-refractivity contribution in [3.63, 3.8) is 0 Å². The lowest BCUT2D eigenvalue weighted by molar-refractivity contribution is 0.216. The van der Waals surface area contributed by atoms with Crippen LogP contribution in [-0.4, -0.2) is 33.0 Å². The number of nitrogens with two attached hydrogens (primary N) is 1. The summed E-state index contributed by atoms with van der Waals surface area (Å²) in [5.74, 6) is 0. The molecule has 0 radical (unpaired) electrons. The lowest BCUT2D eigenvalue weighted by Crippen LogP contribution is -2.39. The van der Waals surface area contributed by atoms with Crippen molar-refractivity contribution >= 4 is 21.4 Å². The van der Waals surface area contributed by atoms with E-state index in [1.54, 1.807) is 6.07 Å². The van der Waals surface area contributed by atoms with Gasteiger partial charge in [-0.3, -0.25) is 4.90 Å². The number of rotatable bonds is 6. The number of thiophene rings is 1. The molecule has 1 aliphatic rings. The molecule has 114 valence electrons. The van der Waals surface area contributed by atoms with Gasteiger partial charge in [0.05, 0.1) is 0 Å². The Morgan fingerprint density at radius 3 is 2.85 bits per heavy atom. The minimum absolute atomic E-state index is 0.201. The van der Waals surface area contributed by atoms with Gasteiger partial charge in [-0.1, -0.05) is 20.3 Å². The van der Waals surface area contributed by atoms with E-state index < -0.39 is 10.0 Å². The van der Waals surface area contributed by atoms with Crippen molar-refractivity contribution in [1.82, 2.24) is 10.2 Å². The van der Waals surface area contributed by atoms with Crippen molar-refractivity contribution in [2.75, 3.05) is 19.6 Å². The van der Waals surface area contributed by atoms with Crippen LogP contribution in [0.1, 0.15) is 43.2 Å². The Morgan fingerprint density at radius 2 is 2.25 bits per heavy atom. The van der Waals surface area contributed by atoms with Crippen LogP contribution in [0.2, 0.25) is 0 Å². The van der Waals surface area contributed by atoms with Crippen molar-refractivity contribution in [3.8, 4) is 0 Å². The number of nitrogens with zero attached hydrogens (tertiary/aromatic N) is 1. The Labute approximate surface area is 125 Å². The Bertz CT molecular complexity index is 554. The van der Waals surface area contributed by atoms with Gasteiger partial charge < -0.3 is 5.32 Å². The van der Waals surface area contributed by atoms with Crippen LogP contribution < -0.4 is 10.5 Å². The highest BCUT2D eigenvalue weighted by molar-refractivity contribution is 7.91. The molecular formula is C13H23N3O2S2. The molecule has 1 unspecified atom stereocenters. The number of hydrogen-bond acceptors (Lipinski definition) is 5. The maximum absolute atomic E-state index is 11.5. The lowest BCUT2D eigenvalue weighted by Gasteiger charge is -2.33. The number of likely N-dealkylation sites (N-methyl/N-ethyl adjacent to an activating group) is 1. The fourth-order valence-electron chi connectivity index (χ4n) is 2.57. The van der Waals surface area contributed by atoms with E-state index in [9.17, 15) is 8.42 Å². The van der Waals surface area contributed by atoms with E-state index in [2.05, 4.69) is 24.1 Å². The lowest BCUT2D eigenvalue weighted by atomic mass is 10.0. The number of unbranched alkanes of at least 4 members (excludes halogenated alkanes) is 1. The molecule has 1 aromatic heterocycles. The summed E-state index contributed by atoms with van der Waals surface area (Å²) in [5.41, 5.74) is 1.11. The summed E-state index contributed by atoms with van der Waals surface area (Å²) in [6.07, 6.45) is 2.34. The molecule has 0 spiro atoms. The minimum Gasteiger partial charge on any atom is -0.309 e. The summed E-state index contributed by atoms with van der Waals surface area (Å²) in [5, 5.41) is 8.69. The number of sulfonamides is 1.